The Morgan fingerprint density at radius 2 is 1.71 bits per heavy atom. The minimum absolute atomic E-state index is 0.0162. The monoisotopic (exact) mass is 467 g/mol. The van der Waals surface area contributed by atoms with E-state index in [2.05, 4.69) is 4.72 Å². The molecule has 7 nitrogen and oxygen atoms in total. The van der Waals surface area contributed by atoms with E-state index >= 15 is 0 Å². The molecule has 0 aliphatic carbocycles. The van der Waals surface area contributed by atoms with Gasteiger partial charge in [-0.05, 0) is 55.9 Å². The Labute approximate surface area is 188 Å². The fraction of sp³-hybridized carbons (Fsp3) is 0.409. The van der Waals surface area contributed by atoms with Crippen molar-refractivity contribution in [1.82, 2.24) is 4.72 Å². The van der Waals surface area contributed by atoms with Gasteiger partial charge < -0.3 is 14.6 Å². The summed E-state index contributed by atoms with van der Waals surface area (Å²) in [5.41, 5.74) is 0.811. The minimum Gasteiger partial charge on any atom is -0.497 e. The van der Waals surface area contributed by atoms with E-state index in [9.17, 15) is 18.3 Å². The molecule has 0 radical (unpaired) electrons. The molecular formula is C22H29NO6S2. The van der Waals surface area contributed by atoms with E-state index in [1.165, 1.54) is 50.2 Å². The lowest BCUT2D eigenvalue weighted by atomic mass is 10.0. The number of esters is 1. The highest BCUT2D eigenvalue weighted by Gasteiger charge is 2.40. The maximum absolute atomic E-state index is 12.9. The number of hydrogen-bond acceptors (Lipinski definition) is 7. The molecule has 9 heteroatoms. The molecule has 0 bridgehead atoms. The van der Waals surface area contributed by atoms with Gasteiger partial charge in [-0.3, -0.25) is 4.79 Å². The molecule has 0 fully saturated rings. The fourth-order valence-corrected chi connectivity index (χ4v) is 5.52. The smallest absolute Gasteiger partial charge is 0.325 e. The van der Waals surface area contributed by atoms with Crippen LogP contribution in [0.3, 0.4) is 0 Å². The predicted octanol–water partition coefficient (Wildman–Crippen LogP) is 3.15. The molecule has 170 valence electrons. The van der Waals surface area contributed by atoms with Crippen molar-refractivity contribution < 1.29 is 27.8 Å². The van der Waals surface area contributed by atoms with Gasteiger partial charge in [-0.2, -0.15) is 16.5 Å². The quantitative estimate of drug-likeness (QED) is 0.490. The van der Waals surface area contributed by atoms with Crippen LogP contribution in [0.5, 0.6) is 5.75 Å². The Balaban J connectivity index is 2.11. The maximum atomic E-state index is 12.9. The lowest BCUT2D eigenvalue weighted by molar-refractivity contribution is -0.143. The molecule has 0 unspecified atom stereocenters. The van der Waals surface area contributed by atoms with Crippen LogP contribution >= 0.6 is 11.8 Å². The average Bonchev–Trinajstić information content (AvgIpc) is 2.77. The second kappa shape index (κ2) is 11.0. The average molecular weight is 468 g/mol. The largest absolute Gasteiger partial charge is 0.497 e. The van der Waals surface area contributed by atoms with E-state index in [4.69, 9.17) is 9.47 Å². The van der Waals surface area contributed by atoms with Crippen LogP contribution in [0.15, 0.2) is 59.5 Å². The van der Waals surface area contributed by atoms with Gasteiger partial charge in [-0.15, -0.1) is 0 Å². The summed E-state index contributed by atoms with van der Waals surface area (Å²) >= 11 is 1.39. The van der Waals surface area contributed by atoms with Gasteiger partial charge in [0.05, 0.1) is 25.2 Å². The van der Waals surface area contributed by atoms with Gasteiger partial charge in [0.1, 0.15) is 11.8 Å². The lowest BCUT2D eigenvalue weighted by Crippen LogP contribution is -2.53. The molecule has 0 saturated heterocycles. The van der Waals surface area contributed by atoms with Crippen molar-refractivity contribution in [2.75, 3.05) is 20.0 Å². The fourth-order valence-electron chi connectivity index (χ4n) is 2.93. The number of benzene rings is 2. The summed E-state index contributed by atoms with van der Waals surface area (Å²) in [6, 6.07) is 14.1. The number of carbonyl (C=O) groups excluding carboxylic acids is 1. The second-order valence-corrected chi connectivity index (χ2v) is 10.9. The molecule has 2 N–H and O–H groups in total. The number of methoxy groups -OCH3 is 2. The molecule has 2 aromatic carbocycles. The first-order valence-electron chi connectivity index (χ1n) is 9.72. The van der Waals surface area contributed by atoms with Crippen molar-refractivity contribution in [1.29, 1.82) is 0 Å². The molecule has 0 spiro atoms. The molecule has 31 heavy (non-hydrogen) atoms. The van der Waals surface area contributed by atoms with Crippen LogP contribution < -0.4 is 9.46 Å². The number of sulfonamides is 1. The van der Waals surface area contributed by atoms with E-state index in [1.807, 2.05) is 30.3 Å². The Morgan fingerprint density at radius 3 is 2.26 bits per heavy atom. The Hall–Kier alpha value is -2.07. The van der Waals surface area contributed by atoms with Gasteiger partial charge in [0.25, 0.3) is 0 Å². The molecule has 0 aliphatic rings. The molecule has 0 aromatic heterocycles. The first-order chi connectivity index (χ1) is 14.6. The number of hydrogen-bond donors (Lipinski definition) is 2. The normalized spacial score (nSPS) is 14.0. The third-order valence-electron chi connectivity index (χ3n) is 4.82. The summed E-state index contributed by atoms with van der Waals surface area (Å²) < 4.78 is 37.3. The first kappa shape index (κ1) is 25.2. The van der Waals surface area contributed by atoms with Crippen LogP contribution in [0.25, 0.3) is 0 Å². The first-order valence-corrected chi connectivity index (χ1v) is 12.2. The summed E-state index contributed by atoms with van der Waals surface area (Å²) in [4.78, 5) is 12.5. The summed E-state index contributed by atoms with van der Waals surface area (Å²) in [7, 11) is -1.27. The van der Waals surface area contributed by atoms with Crippen molar-refractivity contribution >= 4 is 27.8 Å². The topological polar surface area (TPSA) is 102 Å². The summed E-state index contributed by atoms with van der Waals surface area (Å²) in [6.07, 6.45) is -0.186. The van der Waals surface area contributed by atoms with E-state index < -0.39 is 32.9 Å². The van der Waals surface area contributed by atoms with Crippen molar-refractivity contribution in [2.45, 2.75) is 42.1 Å². The number of rotatable bonds is 11. The summed E-state index contributed by atoms with van der Waals surface area (Å²) in [5, 5.41) is 10.4. The van der Waals surface area contributed by atoms with Crippen molar-refractivity contribution in [3.8, 4) is 5.75 Å². The zero-order valence-electron chi connectivity index (χ0n) is 18.1. The molecule has 2 rings (SSSR count). The van der Waals surface area contributed by atoms with Crippen molar-refractivity contribution in [2.24, 2.45) is 0 Å². The van der Waals surface area contributed by atoms with Gasteiger partial charge in [-0.1, -0.05) is 30.3 Å². The van der Waals surface area contributed by atoms with Crippen molar-refractivity contribution in [3.05, 3.63) is 60.2 Å². The SMILES string of the molecule is COC(=O)[C@H](NS(=O)(=O)c1ccc(OC)cc1)C(C)(C)SCC[C@@H](O)c1ccccc1. The standard InChI is InChI=1S/C22H29NO6S2/c1-22(2,30-15-14-19(24)16-8-6-5-7-9-16)20(21(25)29-4)23-31(26,27)18-12-10-17(28-3)11-13-18/h5-13,19-20,23-24H,14-15H2,1-4H3/t19-,20+/m1/s1. The second-order valence-electron chi connectivity index (χ2n) is 7.42. The van der Waals surface area contributed by atoms with E-state index in [-0.39, 0.29) is 4.90 Å². The van der Waals surface area contributed by atoms with Crippen LogP contribution in [0.4, 0.5) is 0 Å². The molecule has 0 saturated carbocycles. The van der Waals surface area contributed by atoms with Gasteiger partial charge in [0, 0.05) is 4.75 Å². The van der Waals surface area contributed by atoms with Crippen molar-refractivity contribution in [3.63, 3.8) is 0 Å². The number of aliphatic hydroxyl groups is 1. The molecule has 0 amide bonds. The van der Waals surface area contributed by atoms with Crippen LogP contribution in [-0.2, 0) is 19.6 Å². The lowest BCUT2D eigenvalue weighted by Gasteiger charge is -2.32. The Kier molecular flexibility index (Phi) is 8.93. The number of thioether (sulfide) groups is 1. The Bertz CT molecular complexity index is 946. The van der Waals surface area contributed by atoms with Gasteiger partial charge >= 0.3 is 5.97 Å². The zero-order valence-corrected chi connectivity index (χ0v) is 19.7. The third kappa shape index (κ3) is 6.96. The number of carbonyl (C=O) groups is 1. The highest BCUT2D eigenvalue weighted by molar-refractivity contribution is 8.00. The van der Waals surface area contributed by atoms with Crippen LogP contribution in [0, 0.1) is 0 Å². The van der Waals surface area contributed by atoms with Gasteiger partial charge in [0.15, 0.2) is 0 Å². The molecule has 0 heterocycles. The van der Waals surface area contributed by atoms with E-state index in [1.54, 1.807) is 13.8 Å². The van der Waals surface area contributed by atoms with Crippen LogP contribution in [-0.4, -0.2) is 50.3 Å². The predicted molar refractivity (Wildman–Crippen MR) is 122 cm³/mol. The summed E-state index contributed by atoms with van der Waals surface area (Å²) in [5.74, 6) is 0.357. The maximum Gasteiger partial charge on any atom is 0.325 e. The highest BCUT2D eigenvalue weighted by Crippen LogP contribution is 2.32. The number of nitrogens with one attached hydrogen (secondary N) is 1. The third-order valence-corrected chi connectivity index (χ3v) is 7.68. The van der Waals surface area contributed by atoms with Gasteiger partial charge in [-0.25, -0.2) is 8.42 Å². The Morgan fingerprint density at radius 1 is 1.10 bits per heavy atom. The zero-order chi connectivity index (χ0) is 23.1. The number of ether oxygens (including phenoxy) is 2. The molecule has 0 aliphatic heterocycles. The number of aliphatic hydroxyl groups excluding tert-OH is 1. The van der Waals surface area contributed by atoms with Gasteiger partial charge in [0.2, 0.25) is 10.0 Å². The van der Waals surface area contributed by atoms with Crippen LogP contribution in [0.1, 0.15) is 31.9 Å². The molecule has 2 aromatic rings. The highest BCUT2D eigenvalue weighted by atomic mass is 32.2. The van der Waals surface area contributed by atoms with E-state index in [0.717, 1.165) is 5.56 Å². The summed E-state index contributed by atoms with van der Waals surface area (Å²) in [6.45, 7) is 3.54. The van der Waals surface area contributed by atoms with E-state index in [0.29, 0.717) is 17.9 Å². The minimum atomic E-state index is -3.98. The molecular weight excluding hydrogens is 438 g/mol. The van der Waals surface area contributed by atoms with Crippen LogP contribution in [0.2, 0.25) is 0 Å². The molecule has 2 atom stereocenters.